The molecule has 0 aromatic heterocycles. The van der Waals surface area contributed by atoms with Crippen molar-refractivity contribution >= 4 is 24.8 Å². The fourth-order valence-corrected chi connectivity index (χ4v) is 2.39. The molecular formula is C11H18N2O2P2. The van der Waals surface area contributed by atoms with Gasteiger partial charge in [-0.15, -0.1) is 0 Å². The van der Waals surface area contributed by atoms with E-state index >= 15 is 0 Å². The minimum atomic E-state index is -0.796. The SMILES string of the molecule is C=C/C=C1/CN(P)C(C(=O)O)C/C1=C/N(C)P. The molecule has 0 aromatic rings. The highest BCUT2D eigenvalue weighted by atomic mass is 31.0. The number of carboxylic acids is 1. The number of hydrogen-bond donors (Lipinski definition) is 1. The number of aliphatic carboxylic acids is 1. The molecule has 0 amide bonds. The third kappa shape index (κ3) is 3.92. The standard InChI is InChI=1S/C11H18N2O2P2/c1-3-4-8-7-13(17)10(11(14)15)5-9(8)6-12(2)16/h3-4,6,10H,1,5,7,16-17H2,2H3,(H,14,15)/b8-4-,9-6-. The molecular weight excluding hydrogens is 254 g/mol. The second-order valence-corrected chi connectivity index (χ2v) is 5.46. The number of carbonyl (C=O) groups is 1. The van der Waals surface area contributed by atoms with E-state index in [1.807, 2.05) is 24.0 Å². The molecule has 0 spiro atoms. The summed E-state index contributed by atoms with van der Waals surface area (Å²) in [7, 11) is 6.91. The summed E-state index contributed by atoms with van der Waals surface area (Å²) in [4.78, 5) is 11.1. The van der Waals surface area contributed by atoms with E-state index in [0.29, 0.717) is 13.0 Å². The lowest BCUT2D eigenvalue weighted by Gasteiger charge is -2.33. The second-order valence-electron chi connectivity index (χ2n) is 3.98. The molecule has 1 rings (SSSR count). The Morgan fingerprint density at radius 2 is 2.29 bits per heavy atom. The van der Waals surface area contributed by atoms with E-state index in [1.54, 1.807) is 10.7 Å². The van der Waals surface area contributed by atoms with Gasteiger partial charge in [0.2, 0.25) is 0 Å². The van der Waals surface area contributed by atoms with Gasteiger partial charge in [0.1, 0.15) is 6.04 Å². The largest absolute Gasteiger partial charge is 0.480 e. The van der Waals surface area contributed by atoms with Crippen LogP contribution in [0.3, 0.4) is 0 Å². The zero-order chi connectivity index (χ0) is 13.0. The van der Waals surface area contributed by atoms with Gasteiger partial charge in [-0.3, -0.25) is 9.46 Å². The highest BCUT2D eigenvalue weighted by Crippen LogP contribution is 2.30. The van der Waals surface area contributed by atoms with E-state index in [-0.39, 0.29) is 0 Å². The Kier molecular flexibility index (Phi) is 5.32. The lowest BCUT2D eigenvalue weighted by molar-refractivity contribution is -0.141. The average molecular weight is 272 g/mol. The Bertz CT molecular complexity index is 378. The molecule has 0 aromatic carbocycles. The summed E-state index contributed by atoms with van der Waals surface area (Å²) >= 11 is 0. The zero-order valence-corrected chi connectivity index (χ0v) is 12.1. The Morgan fingerprint density at radius 1 is 1.65 bits per heavy atom. The van der Waals surface area contributed by atoms with Crippen molar-refractivity contribution in [2.75, 3.05) is 13.6 Å². The van der Waals surface area contributed by atoms with E-state index in [1.165, 1.54) is 0 Å². The van der Waals surface area contributed by atoms with Crippen molar-refractivity contribution in [1.82, 2.24) is 9.34 Å². The first-order valence-electron chi connectivity index (χ1n) is 5.20. The van der Waals surface area contributed by atoms with E-state index in [0.717, 1.165) is 11.1 Å². The Hall–Kier alpha value is -0.690. The van der Waals surface area contributed by atoms with Crippen LogP contribution in [-0.2, 0) is 4.79 Å². The maximum atomic E-state index is 11.1. The van der Waals surface area contributed by atoms with Crippen molar-refractivity contribution in [3.05, 3.63) is 36.1 Å². The number of carboxylic acid groups (broad SMARTS) is 1. The van der Waals surface area contributed by atoms with Gasteiger partial charge in [-0.25, -0.2) is 0 Å². The smallest absolute Gasteiger partial charge is 0.321 e. The molecule has 1 aliphatic heterocycles. The van der Waals surface area contributed by atoms with Crippen LogP contribution >= 0.6 is 18.8 Å². The first kappa shape index (κ1) is 14.4. The summed E-state index contributed by atoms with van der Waals surface area (Å²) in [6, 6.07) is -0.488. The maximum absolute atomic E-state index is 11.1. The minimum Gasteiger partial charge on any atom is -0.480 e. The predicted octanol–water partition coefficient (Wildman–Crippen LogP) is 1.65. The fraction of sp³-hybridized carbons (Fsp3) is 0.364. The molecule has 94 valence electrons. The highest BCUT2D eigenvalue weighted by molar-refractivity contribution is 7.13. The van der Waals surface area contributed by atoms with Crippen molar-refractivity contribution in [2.45, 2.75) is 12.5 Å². The Balaban J connectivity index is 3.01. The van der Waals surface area contributed by atoms with Crippen LogP contribution in [0, 0.1) is 0 Å². The third-order valence-corrected chi connectivity index (χ3v) is 3.23. The molecule has 1 N–H and O–H groups in total. The third-order valence-electron chi connectivity index (χ3n) is 2.54. The molecule has 0 saturated carbocycles. The molecule has 3 unspecified atom stereocenters. The van der Waals surface area contributed by atoms with E-state index in [4.69, 9.17) is 5.11 Å². The van der Waals surface area contributed by atoms with Crippen LogP contribution in [0.1, 0.15) is 6.42 Å². The van der Waals surface area contributed by atoms with E-state index in [2.05, 4.69) is 25.4 Å². The summed E-state index contributed by atoms with van der Waals surface area (Å²) < 4.78 is 3.61. The van der Waals surface area contributed by atoms with E-state index < -0.39 is 12.0 Å². The summed E-state index contributed by atoms with van der Waals surface area (Å²) in [6.07, 6.45) is 6.09. The molecule has 1 aliphatic rings. The van der Waals surface area contributed by atoms with Crippen molar-refractivity contribution < 1.29 is 9.90 Å². The molecule has 17 heavy (non-hydrogen) atoms. The minimum absolute atomic E-state index is 0.488. The fourth-order valence-electron chi connectivity index (χ4n) is 1.78. The van der Waals surface area contributed by atoms with Crippen LogP contribution < -0.4 is 0 Å². The molecule has 1 heterocycles. The van der Waals surface area contributed by atoms with Crippen molar-refractivity contribution in [3.63, 3.8) is 0 Å². The van der Waals surface area contributed by atoms with Gasteiger partial charge in [-0.2, -0.15) is 0 Å². The number of nitrogens with zero attached hydrogens (tertiary/aromatic N) is 2. The first-order chi connectivity index (χ1) is 7.95. The molecule has 0 radical (unpaired) electrons. The van der Waals surface area contributed by atoms with Gasteiger partial charge in [0, 0.05) is 26.2 Å². The number of piperidine rings is 1. The second kappa shape index (κ2) is 6.30. The molecule has 0 bridgehead atoms. The van der Waals surface area contributed by atoms with Gasteiger partial charge in [0.05, 0.1) is 0 Å². The molecule has 1 fully saturated rings. The summed E-state index contributed by atoms with van der Waals surface area (Å²) in [5.74, 6) is -0.796. The van der Waals surface area contributed by atoms with Crippen LogP contribution in [0.5, 0.6) is 0 Å². The van der Waals surface area contributed by atoms with Crippen LogP contribution in [0.15, 0.2) is 36.1 Å². The van der Waals surface area contributed by atoms with Gasteiger partial charge in [0.25, 0.3) is 0 Å². The lowest BCUT2D eigenvalue weighted by atomic mass is 9.94. The molecule has 3 atom stereocenters. The summed E-state index contributed by atoms with van der Waals surface area (Å²) in [5.41, 5.74) is 2.13. The lowest BCUT2D eigenvalue weighted by Crippen LogP contribution is -2.40. The van der Waals surface area contributed by atoms with Gasteiger partial charge in [0.15, 0.2) is 0 Å². The topological polar surface area (TPSA) is 43.8 Å². The first-order valence-corrected chi connectivity index (χ1v) is 6.23. The van der Waals surface area contributed by atoms with Crippen molar-refractivity contribution in [3.8, 4) is 0 Å². The van der Waals surface area contributed by atoms with Crippen LogP contribution in [0.25, 0.3) is 0 Å². The number of hydrogen-bond acceptors (Lipinski definition) is 3. The van der Waals surface area contributed by atoms with Crippen molar-refractivity contribution in [1.29, 1.82) is 0 Å². The quantitative estimate of drug-likeness (QED) is 0.793. The number of allylic oxidation sites excluding steroid dienone is 2. The van der Waals surface area contributed by atoms with Crippen molar-refractivity contribution in [2.24, 2.45) is 0 Å². The Morgan fingerprint density at radius 3 is 2.76 bits per heavy atom. The maximum Gasteiger partial charge on any atom is 0.321 e. The molecule has 1 saturated heterocycles. The van der Waals surface area contributed by atoms with Gasteiger partial charge in [-0.05, 0) is 20.5 Å². The van der Waals surface area contributed by atoms with Gasteiger partial charge < -0.3 is 9.78 Å². The average Bonchev–Trinajstić information content (AvgIpc) is 2.21. The number of rotatable bonds is 3. The molecule has 4 nitrogen and oxygen atoms in total. The molecule has 0 aliphatic carbocycles. The molecule has 6 heteroatoms. The monoisotopic (exact) mass is 272 g/mol. The van der Waals surface area contributed by atoms with Gasteiger partial charge in [-0.1, -0.05) is 28.1 Å². The Labute approximate surface area is 107 Å². The predicted molar refractivity (Wildman–Crippen MR) is 76.3 cm³/mol. The van der Waals surface area contributed by atoms with Crippen LogP contribution in [0.4, 0.5) is 0 Å². The highest BCUT2D eigenvalue weighted by Gasteiger charge is 2.30. The van der Waals surface area contributed by atoms with E-state index in [9.17, 15) is 4.79 Å². The normalized spacial score (nSPS) is 26.2. The summed E-state index contributed by atoms with van der Waals surface area (Å²) in [6.45, 7) is 4.28. The van der Waals surface area contributed by atoms with Crippen LogP contribution in [0.2, 0.25) is 0 Å². The zero-order valence-electron chi connectivity index (χ0n) is 9.84. The van der Waals surface area contributed by atoms with Crippen LogP contribution in [-0.4, -0.2) is 40.1 Å². The van der Waals surface area contributed by atoms with Gasteiger partial charge >= 0.3 is 5.97 Å². The summed E-state index contributed by atoms with van der Waals surface area (Å²) in [5, 5.41) is 9.14.